The third-order valence-electron chi connectivity index (χ3n) is 4.03. The third kappa shape index (κ3) is 5.96. The first-order valence-electron chi connectivity index (χ1n) is 8.63. The second-order valence-electron chi connectivity index (χ2n) is 6.28. The molecule has 148 valence electrons. The van der Waals surface area contributed by atoms with Crippen molar-refractivity contribution in [2.75, 3.05) is 6.61 Å². The Kier molecular flexibility index (Phi) is 7.18. The monoisotopic (exact) mass is 380 g/mol. The zero-order valence-corrected chi connectivity index (χ0v) is 15.7. The van der Waals surface area contributed by atoms with Gasteiger partial charge in [0.2, 0.25) is 6.29 Å². The molecule has 0 saturated carbocycles. The zero-order valence-electron chi connectivity index (χ0n) is 15.7. The minimum atomic E-state index is -0.960. The maximum absolute atomic E-state index is 11.6. The smallest absolute Gasteiger partial charge is 0.303 e. The largest absolute Gasteiger partial charge is 0.463 e. The predicted molar refractivity (Wildman–Crippen MR) is 92.6 cm³/mol. The van der Waals surface area contributed by atoms with Crippen LogP contribution in [0.15, 0.2) is 30.3 Å². The number of carbonyl (C=O) groups is 3. The van der Waals surface area contributed by atoms with E-state index < -0.39 is 48.4 Å². The molecule has 1 heterocycles. The number of hydrogen-bond acceptors (Lipinski definition) is 8. The standard InChI is InChI=1S/C19H24O8/c1-11-17(24-13(3)21)16(10-23-12(2)20)27-19(18(11)25-14(4)22)26-15-8-6-5-7-9-15/h5-9,11,16-19H,10H2,1-4H3/t11?,16?,17-,18?,19+/m1/s1. The van der Waals surface area contributed by atoms with Crippen molar-refractivity contribution in [3.63, 3.8) is 0 Å². The van der Waals surface area contributed by atoms with Crippen molar-refractivity contribution >= 4 is 17.9 Å². The van der Waals surface area contributed by atoms with E-state index in [1.54, 1.807) is 31.2 Å². The summed E-state index contributed by atoms with van der Waals surface area (Å²) in [4.78, 5) is 34.3. The molecule has 0 N–H and O–H groups in total. The maximum Gasteiger partial charge on any atom is 0.303 e. The van der Waals surface area contributed by atoms with Crippen LogP contribution >= 0.6 is 0 Å². The summed E-state index contributed by atoms with van der Waals surface area (Å²) in [5, 5.41) is 0. The molecular formula is C19H24O8. The summed E-state index contributed by atoms with van der Waals surface area (Å²) in [7, 11) is 0. The molecule has 0 bridgehead atoms. The average molecular weight is 380 g/mol. The molecule has 3 unspecified atom stereocenters. The summed E-state index contributed by atoms with van der Waals surface area (Å²) in [5.74, 6) is -1.47. The molecule has 1 aliphatic rings. The van der Waals surface area contributed by atoms with E-state index in [0.29, 0.717) is 5.75 Å². The molecule has 0 radical (unpaired) electrons. The van der Waals surface area contributed by atoms with Crippen LogP contribution in [0.4, 0.5) is 0 Å². The lowest BCUT2D eigenvalue weighted by molar-refractivity contribution is -0.271. The molecule has 27 heavy (non-hydrogen) atoms. The van der Waals surface area contributed by atoms with Gasteiger partial charge in [-0.05, 0) is 12.1 Å². The predicted octanol–water partition coefficient (Wildman–Crippen LogP) is 1.85. The van der Waals surface area contributed by atoms with Crippen molar-refractivity contribution in [1.82, 2.24) is 0 Å². The Hall–Kier alpha value is -2.61. The van der Waals surface area contributed by atoms with Crippen molar-refractivity contribution in [3.05, 3.63) is 30.3 Å². The van der Waals surface area contributed by atoms with Gasteiger partial charge in [0.15, 0.2) is 6.10 Å². The van der Waals surface area contributed by atoms with Gasteiger partial charge in [0, 0.05) is 26.7 Å². The Morgan fingerprint density at radius 3 is 2.07 bits per heavy atom. The zero-order chi connectivity index (χ0) is 20.0. The molecule has 1 fully saturated rings. The average Bonchev–Trinajstić information content (AvgIpc) is 2.59. The number of rotatable bonds is 6. The SMILES string of the molecule is CC(=O)OCC1O[C@H](Oc2ccccc2)C(OC(C)=O)C(C)[C@H]1OC(C)=O. The Labute approximate surface area is 157 Å². The molecular weight excluding hydrogens is 356 g/mol. The summed E-state index contributed by atoms with van der Waals surface area (Å²) >= 11 is 0. The van der Waals surface area contributed by atoms with Crippen LogP contribution in [0, 0.1) is 5.92 Å². The highest BCUT2D eigenvalue weighted by atomic mass is 16.7. The highest BCUT2D eigenvalue weighted by Gasteiger charge is 2.49. The molecule has 8 heteroatoms. The lowest BCUT2D eigenvalue weighted by Gasteiger charge is -2.43. The highest BCUT2D eigenvalue weighted by molar-refractivity contribution is 5.67. The van der Waals surface area contributed by atoms with Gasteiger partial charge < -0.3 is 23.7 Å². The third-order valence-corrected chi connectivity index (χ3v) is 4.03. The van der Waals surface area contributed by atoms with Gasteiger partial charge in [0.25, 0.3) is 0 Å². The molecule has 0 aliphatic carbocycles. The molecule has 0 spiro atoms. The fraction of sp³-hybridized carbons (Fsp3) is 0.526. The van der Waals surface area contributed by atoms with E-state index in [4.69, 9.17) is 23.7 Å². The lowest BCUT2D eigenvalue weighted by atomic mass is 9.90. The topological polar surface area (TPSA) is 97.4 Å². The second-order valence-corrected chi connectivity index (χ2v) is 6.28. The summed E-state index contributed by atoms with van der Waals surface area (Å²) in [6, 6.07) is 8.89. The molecule has 1 saturated heterocycles. The molecule has 1 aromatic carbocycles. The van der Waals surface area contributed by atoms with Gasteiger partial charge in [-0.15, -0.1) is 0 Å². The Morgan fingerprint density at radius 2 is 1.52 bits per heavy atom. The van der Waals surface area contributed by atoms with Crippen LogP contribution in [0.3, 0.4) is 0 Å². The maximum atomic E-state index is 11.6. The van der Waals surface area contributed by atoms with Crippen LogP contribution in [-0.4, -0.2) is 49.1 Å². The van der Waals surface area contributed by atoms with Crippen LogP contribution < -0.4 is 4.74 Å². The first kappa shape index (κ1) is 20.7. The molecule has 1 aliphatic heterocycles. The van der Waals surface area contributed by atoms with Crippen molar-refractivity contribution in [1.29, 1.82) is 0 Å². The number of para-hydroxylation sites is 1. The summed E-state index contributed by atoms with van der Waals surface area (Å²) in [6.45, 7) is 5.44. The second kappa shape index (κ2) is 9.36. The van der Waals surface area contributed by atoms with Gasteiger partial charge in [0.1, 0.15) is 24.6 Å². The van der Waals surface area contributed by atoms with Crippen molar-refractivity contribution in [3.8, 4) is 5.75 Å². The van der Waals surface area contributed by atoms with E-state index in [2.05, 4.69) is 0 Å². The van der Waals surface area contributed by atoms with E-state index in [1.807, 2.05) is 6.07 Å². The number of ether oxygens (including phenoxy) is 5. The molecule has 8 nitrogen and oxygen atoms in total. The number of esters is 3. The minimum Gasteiger partial charge on any atom is -0.463 e. The van der Waals surface area contributed by atoms with Crippen LogP contribution in [0.25, 0.3) is 0 Å². The van der Waals surface area contributed by atoms with Gasteiger partial charge in [-0.3, -0.25) is 14.4 Å². The van der Waals surface area contributed by atoms with Crippen LogP contribution in [0.1, 0.15) is 27.7 Å². The van der Waals surface area contributed by atoms with E-state index in [-0.39, 0.29) is 6.61 Å². The van der Waals surface area contributed by atoms with Gasteiger partial charge in [-0.2, -0.15) is 0 Å². The van der Waals surface area contributed by atoms with Gasteiger partial charge in [-0.25, -0.2) is 0 Å². The Balaban J connectivity index is 2.27. The molecule has 2 rings (SSSR count). The minimum absolute atomic E-state index is 0.126. The van der Waals surface area contributed by atoms with E-state index in [9.17, 15) is 14.4 Å². The number of hydrogen-bond donors (Lipinski definition) is 0. The number of carbonyl (C=O) groups excluding carboxylic acids is 3. The lowest BCUT2D eigenvalue weighted by Crippen LogP contribution is -2.58. The molecule has 5 atom stereocenters. The van der Waals surface area contributed by atoms with Gasteiger partial charge >= 0.3 is 17.9 Å². The van der Waals surface area contributed by atoms with Crippen LogP contribution in [0.5, 0.6) is 5.75 Å². The fourth-order valence-corrected chi connectivity index (χ4v) is 2.89. The van der Waals surface area contributed by atoms with Gasteiger partial charge in [0.05, 0.1) is 0 Å². The summed E-state index contributed by atoms with van der Waals surface area (Å²) in [5.41, 5.74) is 0. The Morgan fingerprint density at radius 1 is 0.926 bits per heavy atom. The van der Waals surface area contributed by atoms with E-state index >= 15 is 0 Å². The summed E-state index contributed by atoms with van der Waals surface area (Å²) < 4.78 is 27.5. The first-order chi connectivity index (χ1) is 12.8. The van der Waals surface area contributed by atoms with Gasteiger partial charge in [-0.1, -0.05) is 25.1 Å². The summed E-state index contributed by atoms with van der Waals surface area (Å²) in [6.07, 6.45) is -3.32. The first-order valence-corrected chi connectivity index (χ1v) is 8.63. The van der Waals surface area contributed by atoms with Crippen LogP contribution in [0.2, 0.25) is 0 Å². The van der Waals surface area contributed by atoms with Crippen molar-refractivity contribution in [2.45, 2.75) is 52.3 Å². The van der Waals surface area contributed by atoms with Crippen LogP contribution in [-0.2, 0) is 33.3 Å². The molecule has 0 amide bonds. The highest BCUT2D eigenvalue weighted by Crippen LogP contribution is 2.32. The quantitative estimate of drug-likeness (QED) is 0.545. The fourth-order valence-electron chi connectivity index (χ4n) is 2.89. The van der Waals surface area contributed by atoms with E-state index in [0.717, 1.165) is 0 Å². The van der Waals surface area contributed by atoms with E-state index in [1.165, 1.54) is 20.8 Å². The van der Waals surface area contributed by atoms with Crippen molar-refractivity contribution in [2.24, 2.45) is 5.92 Å². The number of benzene rings is 1. The Bertz CT molecular complexity index is 657. The molecule has 0 aromatic heterocycles. The molecule has 1 aromatic rings. The normalized spacial score (nSPS) is 27.3. The van der Waals surface area contributed by atoms with Crippen molar-refractivity contribution < 1.29 is 38.1 Å².